The van der Waals surface area contributed by atoms with Crippen molar-refractivity contribution in [3.05, 3.63) is 65.5 Å². The van der Waals surface area contributed by atoms with Crippen LogP contribution in [-0.4, -0.2) is 49.3 Å². The van der Waals surface area contributed by atoms with Crippen molar-refractivity contribution in [2.75, 3.05) is 31.1 Å². The third kappa shape index (κ3) is 13.1. The van der Waals surface area contributed by atoms with E-state index in [0.29, 0.717) is 12.5 Å². The zero-order chi connectivity index (χ0) is 26.7. The maximum atomic E-state index is 12.1. The van der Waals surface area contributed by atoms with E-state index in [9.17, 15) is 4.79 Å². The van der Waals surface area contributed by atoms with Gasteiger partial charge in [-0.1, -0.05) is 71.3 Å². The number of carbonyl (C=O) groups excluding carboxylic acids is 1. The van der Waals surface area contributed by atoms with E-state index in [4.69, 9.17) is 0 Å². The van der Waals surface area contributed by atoms with Gasteiger partial charge >= 0.3 is 0 Å². The van der Waals surface area contributed by atoms with E-state index in [1.807, 2.05) is 21.6 Å². The molecule has 1 aromatic heterocycles. The van der Waals surface area contributed by atoms with Crippen molar-refractivity contribution >= 4 is 45.9 Å². The molecule has 5 nitrogen and oxygen atoms in total. The van der Waals surface area contributed by atoms with Crippen LogP contribution < -0.4 is 15.2 Å². The fraction of sp³-hybridized carbons (Fsp3) is 0.516. The number of unbranched alkanes of at least 4 members (excludes halogenated alkanes) is 1. The number of amides is 1. The Morgan fingerprint density at radius 2 is 1.74 bits per heavy atom. The average Bonchev–Trinajstić information content (AvgIpc) is 3.47. The first-order valence-corrected chi connectivity index (χ1v) is 16.7. The first kappa shape index (κ1) is 30.5. The summed E-state index contributed by atoms with van der Waals surface area (Å²) in [5, 5.41) is 6.49. The summed E-state index contributed by atoms with van der Waals surface area (Å²) in [6, 6.07) is 13.6. The number of aromatic nitrogens is 1. The molecule has 3 rings (SSSR count). The van der Waals surface area contributed by atoms with Crippen molar-refractivity contribution in [2.45, 2.75) is 70.9 Å². The molecule has 0 aliphatic carbocycles. The second-order valence-electron chi connectivity index (χ2n) is 9.75. The fourth-order valence-corrected chi connectivity index (χ4v) is 6.09. The number of hydrogen-bond acceptors (Lipinski definition) is 5. The Bertz CT molecular complexity index is 976. The molecular formula is C31H45N4OS2+. The average molecular weight is 554 g/mol. The van der Waals surface area contributed by atoms with Gasteiger partial charge < -0.3 is 10.6 Å². The Kier molecular flexibility index (Phi) is 15.3. The van der Waals surface area contributed by atoms with Crippen LogP contribution in [0, 0.1) is 0 Å². The van der Waals surface area contributed by atoms with E-state index in [-0.39, 0.29) is 5.91 Å². The van der Waals surface area contributed by atoms with Crippen molar-refractivity contribution in [3.63, 3.8) is 0 Å². The second-order valence-corrected chi connectivity index (χ2v) is 12.4. The molecule has 1 aliphatic rings. The van der Waals surface area contributed by atoms with Gasteiger partial charge in [0.1, 0.15) is 6.54 Å². The van der Waals surface area contributed by atoms with Crippen LogP contribution in [0.25, 0.3) is 12.2 Å². The van der Waals surface area contributed by atoms with Gasteiger partial charge in [0, 0.05) is 49.6 Å². The molecule has 0 fully saturated rings. The normalized spacial score (nSPS) is 14.9. The van der Waals surface area contributed by atoms with Crippen molar-refractivity contribution in [1.29, 1.82) is 0 Å². The zero-order valence-electron chi connectivity index (χ0n) is 22.9. The first-order valence-electron chi connectivity index (χ1n) is 14.2. The van der Waals surface area contributed by atoms with Gasteiger partial charge in [-0.3, -0.25) is 9.79 Å². The topological polar surface area (TPSA) is 57.4 Å². The van der Waals surface area contributed by atoms with E-state index in [1.54, 1.807) is 0 Å². The minimum Gasteiger partial charge on any atom is -0.355 e. The summed E-state index contributed by atoms with van der Waals surface area (Å²) in [5.74, 6) is 2.21. The molecule has 2 aromatic rings. The number of rotatable bonds is 19. The molecule has 1 unspecified atom stereocenters. The Hall–Kier alpha value is -2.09. The highest BCUT2D eigenvalue weighted by atomic mass is 33.1. The number of aryl methyl sites for hydroxylation is 2. The number of benzene rings is 1. The summed E-state index contributed by atoms with van der Waals surface area (Å²) >= 11 is 0. The lowest BCUT2D eigenvalue weighted by molar-refractivity contribution is -0.697. The van der Waals surface area contributed by atoms with Crippen molar-refractivity contribution in [2.24, 2.45) is 4.99 Å². The minimum absolute atomic E-state index is 0.148. The Morgan fingerprint density at radius 1 is 1.00 bits per heavy atom. The van der Waals surface area contributed by atoms with Gasteiger partial charge in [0.25, 0.3) is 0 Å². The number of nitrogens with zero attached hydrogens (tertiary/aromatic N) is 2. The molecule has 0 saturated heterocycles. The van der Waals surface area contributed by atoms with Crippen LogP contribution in [0.2, 0.25) is 0 Å². The molecule has 1 amide bonds. The van der Waals surface area contributed by atoms with Crippen LogP contribution >= 0.6 is 21.6 Å². The molecule has 1 aliphatic heterocycles. The molecule has 2 heterocycles. The lowest BCUT2D eigenvalue weighted by Crippen LogP contribution is -2.34. The largest absolute Gasteiger partial charge is 0.355 e. The summed E-state index contributed by atoms with van der Waals surface area (Å²) < 4.78 is 2.15. The lowest BCUT2D eigenvalue weighted by Gasteiger charge is -2.06. The molecule has 1 aromatic carbocycles. The number of hydrogen-bond donors (Lipinski definition) is 2. The van der Waals surface area contributed by atoms with Crippen LogP contribution in [0.15, 0.2) is 53.8 Å². The van der Waals surface area contributed by atoms with Crippen LogP contribution in [0.4, 0.5) is 0 Å². The number of pyridine rings is 1. The SMILES string of the molecule is CCCCNCCSSCCNC(=O)CCC[n+]1ccc(C=Cc2ccc(CCC3CCC=N3)cc2)cc1. The molecule has 2 N–H and O–H groups in total. The van der Waals surface area contributed by atoms with Crippen LogP contribution in [0.1, 0.15) is 68.6 Å². The zero-order valence-corrected chi connectivity index (χ0v) is 24.6. The van der Waals surface area contributed by atoms with Crippen molar-refractivity contribution in [1.82, 2.24) is 10.6 Å². The van der Waals surface area contributed by atoms with Crippen LogP contribution in [0.5, 0.6) is 0 Å². The summed E-state index contributed by atoms with van der Waals surface area (Å²) in [5.41, 5.74) is 3.78. The number of nitrogens with one attached hydrogen (secondary N) is 2. The van der Waals surface area contributed by atoms with E-state index in [0.717, 1.165) is 63.4 Å². The highest BCUT2D eigenvalue weighted by Gasteiger charge is 2.10. The smallest absolute Gasteiger partial charge is 0.220 e. The van der Waals surface area contributed by atoms with E-state index < -0.39 is 0 Å². The third-order valence-corrected chi connectivity index (χ3v) is 8.96. The second kappa shape index (κ2) is 19.0. The maximum Gasteiger partial charge on any atom is 0.220 e. The van der Waals surface area contributed by atoms with Crippen LogP contribution in [0.3, 0.4) is 0 Å². The summed E-state index contributed by atoms with van der Waals surface area (Å²) in [6.07, 6.45) is 19.1. The molecule has 0 spiro atoms. The minimum atomic E-state index is 0.148. The van der Waals surface area contributed by atoms with Crippen molar-refractivity contribution < 1.29 is 9.36 Å². The standard InChI is InChI=1S/C31H44N4OS2/c1-2-3-18-32-20-25-37-38-26-21-34-31(36)7-5-22-35-23-16-29(17-24-35)13-12-27-8-10-28(11-9-27)14-15-30-6-4-19-33-30/h8-13,16-17,19,23-24,30,32H,2-7,14-15,18,20-22,25-26H2,1H3/p+1. The first-order chi connectivity index (χ1) is 18.7. The van der Waals surface area contributed by atoms with Gasteiger partial charge in [-0.15, -0.1) is 0 Å². The Morgan fingerprint density at radius 3 is 2.45 bits per heavy atom. The molecular weight excluding hydrogens is 509 g/mol. The van der Waals surface area contributed by atoms with E-state index in [2.05, 4.69) is 94.3 Å². The Labute approximate surface area is 237 Å². The number of carbonyl (C=O) groups is 1. The Balaban J connectivity index is 1.23. The highest BCUT2D eigenvalue weighted by Crippen LogP contribution is 2.19. The van der Waals surface area contributed by atoms with Gasteiger partial charge in [-0.25, -0.2) is 4.57 Å². The quantitative estimate of drug-likeness (QED) is 0.128. The summed E-state index contributed by atoms with van der Waals surface area (Å²) in [6.45, 7) is 5.98. The predicted molar refractivity (Wildman–Crippen MR) is 167 cm³/mol. The molecule has 0 bridgehead atoms. The molecule has 7 heteroatoms. The van der Waals surface area contributed by atoms with Gasteiger partial charge in [-0.2, -0.15) is 0 Å². The van der Waals surface area contributed by atoms with Gasteiger partial charge in [-0.05, 0) is 61.6 Å². The van der Waals surface area contributed by atoms with Crippen molar-refractivity contribution in [3.8, 4) is 0 Å². The predicted octanol–water partition coefficient (Wildman–Crippen LogP) is 5.98. The molecule has 0 radical (unpaired) electrons. The third-order valence-electron chi connectivity index (χ3n) is 6.56. The maximum absolute atomic E-state index is 12.1. The monoisotopic (exact) mass is 553 g/mol. The van der Waals surface area contributed by atoms with E-state index in [1.165, 1.54) is 36.0 Å². The molecule has 0 saturated carbocycles. The lowest BCUT2D eigenvalue weighted by atomic mass is 10.0. The fourth-order valence-electron chi connectivity index (χ4n) is 4.24. The molecule has 38 heavy (non-hydrogen) atoms. The van der Waals surface area contributed by atoms with E-state index >= 15 is 0 Å². The van der Waals surface area contributed by atoms with Gasteiger partial charge in [0.2, 0.25) is 5.91 Å². The molecule has 206 valence electrons. The van der Waals surface area contributed by atoms with Gasteiger partial charge in [0.05, 0.1) is 6.04 Å². The van der Waals surface area contributed by atoms with Crippen LogP contribution in [-0.2, 0) is 17.8 Å². The summed E-state index contributed by atoms with van der Waals surface area (Å²) in [7, 11) is 3.72. The van der Waals surface area contributed by atoms with Gasteiger partial charge in [0.15, 0.2) is 12.4 Å². The highest BCUT2D eigenvalue weighted by molar-refractivity contribution is 8.76. The molecule has 1 atom stereocenters. The number of aliphatic imine (C=N–C) groups is 1. The summed E-state index contributed by atoms with van der Waals surface area (Å²) in [4.78, 5) is 16.6.